The van der Waals surface area contributed by atoms with Crippen LogP contribution in [0.25, 0.3) is 0 Å². The highest BCUT2D eigenvalue weighted by Crippen LogP contribution is 2.38. The number of carbonyl (C=O) groups is 1. The second-order valence-electron chi connectivity index (χ2n) is 4.78. The van der Waals surface area contributed by atoms with Crippen molar-refractivity contribution >= 4 is 5.97 Å². The van der Waals surface area contributed by atoms with Crippen LogP contribution in [-0.2, 0) is 9.53 Å². The lowest BCUT2D eigenvalue weighted by molar-refractivity contribution is -0.140. The summed E-state index contributed by atoms with van der Waals surface area (Å²) < 4.78 is 5.22. The van der Waals surface area contributed by atoms with E-state index in [4.69, 9.17) is 9.84 Å². The van der Waals surface area contributed by atoms with E-state index >= 15 is 0 Å². The number of hydrogen-bond donors (Lipinski definition) is 1. The summed E-state index contributed by atoms with van der Waals surface area (Å²) in [5, 5.41) is 8.66. The maximum absolute atomic E-state index is 10.5. The van der Waals surface area contributed by atoms with E-state index in [1.807, 2.05) is 0 Å². The third-order valence-electron chi connectivity index (χ3n) is 3.42. The van der Waals surface area contributed by atoms with Crippen molar-refractivity contribution in [1.29, 1.82) is 0 Å². The zero-order valence-corrected chi connectivity index (χ0v) is 9.19. The molecular weight excluding hydrogens is 194 g/mol. The number of ether oxygens (including phenoxy) is 1. The highest BCUT2D eigenvalue weighted by Gasteiger charge is 2.40. The van der Waals surface area contributed by atoms with Gasteiger partial charge in [0.05, 0.1) is 13.0 Å². The number of rotatable bonds is 6. The van der Waals surface area contributed by atoms with Gasteiger partial charge in [0.1, 0.15) is 0 Å². The van der Waals surface area contributed by atoms with Crippen molar-refractivity contribution in [3.8, 4) is 0 Å². The molecule has 1 unspecified atom stereocenters. The SMILES string of the molecule is COCC(C1CC1)N1CC(CC(=O)O)C1. The second-order valence-corrected chi connectivity index (χ2v) is 4.78. The van der Waals surface area contributed by atoms with Gasteiger partial charge in [-0.2, -0.15) is 0 Å². The Labute approximate surface area is 90.2 Å². The molecule has 1 aliphatic carbocycles. The Balaban J connectivity index is 1.73. The Morgan fingerprint density at radius 2 is 2.20 bits per heavy atom. The second kappa shape index (κ2) is 4.49. The van der Waals surface area contributed by atoms with E-state index in [0.29, 0.717) is 18.4 Å². The van der Waals surface area contributed by atoms with Crippen LogP contribution in [0.4, 0.5) is 0 Å². The van der Waals surface area contributed by atoms with Crippen molar-refractivity contribution in [3.05, 3.63) is 0 Å². The number of nitrogens with zero attached hydrogens (tertiary/aromatic N) is 1. The molecule has 1 saturated heterocycles. The highest BCUT2D eigenvalue weighted by atomic mass is 16.5. The van der Waals surface area contributed by atoms with Crippen LogP contribution in [0.2, 0.25) is 0 Å². The average molecular weight is 213 g/mol. The first-order valence-electron chi connectivity index (χ1n) is 5.65. The highest BCUT2D eigenvalue weighted by molar-refractivity contribution is 5.67. The number of aliphatic carboxylic acids is 1. The van der Waals surface area contributed by atoms with Crippen LogP contribution in [0.15, 0.2) is 0 Å². The molecular formula is C11H19NO3. The van der Waals surface area contributed by atoms with Gasteiger partial charge in [-0.25, -0.2) is 0 Å². The third-order valence-corrected chi connectivity index (χ3v) is 3.42. The zero-order valence-electron chi connectivity index (χ0n) is 9.19. The van der Waals surface area contributed by atoms with Gasteiger partial charge in [0.2, 0.25) is 0 Å². The molecule has 1 atom stereocenters. The fourth-order valence-electron chi connectivity index (χ4n) is 2.45. The fraction of sp³-hybridized carbons (Fsp3) is 0.909. The Bertz CT molecular complexity index is 234. The first-order valence-corrected chi connectivity index (χ1v) is 5.65. The largest absolute Gasteiger partial charge is 0.481 e. The number of hydrogen-bond acceptors (Lipinski definition) is 3. The molecule has 0 radical (unpaired) electrons. The lowest BCUT2D eigenvalue weighted by atomic mass is 9.93. The molecule has 1 aliphatic heterocycles. The minimum Gasteiger partial charge on any atom is -0.481 e. The Hall–Kier alpha value is -0.610. The summed E-state index contributed by atoms with van der Waals surface area (Å²) >= 11 is 0. The fourth-order valence-corrected chi connectivity index (χ4v) is 2.45. The minimum absolute atomic E-state index is 0.320. The maximum atomic E-state index is 10.5. The van der Waals surface area contributed by atoms with Gasteiger partial charge in [-0.15, -0.1) is 0 Å². The molecule has 2 aliphatic rings. The van der Waals surface area contributed by atoms with Crippen molar-refractivity contribution < 1.29 is 14.6 Å². The minimum atomic E-state index is -0.672. The summed E-state index contributed by atoms with van der Waals surface area (Å²) in [6, 6.07) is 0.542. The standard InChI is InChI=1S/C11H19NO3/c1-15-7-10(9-2-3-9)12-5-8(6-12)4-11(13)14/h8-10H,2-7H2,1H3,(H,13,14). The normalized spacial score (nSPS) is 24.9. The topological polar surface area (TPSA) is 49.8 Å². The monoisotopic (exact) mass is 213 g/mol. The van der Waals surface area contributed by atoms with Gasteiger partial charge in [0.25, 0.3) is 0 Å². The summed E-state index contributed by atoms with van der Waals surface area (Å²) in [7, 11) is 1.74. The Morgan fingerprint density at radius 1 is 1.53 bits per heavy atom. The lowest BCUT2D eigenvalue weighted by Crippen LogP contribution is -2.54. The van der Waals surface area contributed by atoms with Gasteiger partial charge in [0.15, 0.2) is 0 Å². The van der Waals surface area contributed by atoms with Crippen LogP contribution in [0.3, 0.4) is 0 Å². The molecule has 0 spiro atoms. The molecule has 2 fully saturated rings. The van der Waals surface area contributed by atoms with Crippen LogP contribution in [0, 0.1) is 11.8 Å². The summed E-state index contributed by atoms with van der Waals surface area (Å²) in [5.41, 5.74) is 0. The summed E-state index contributed by atoms with van der Waals surface area (Å²) in [4.78, 5) is 12.9. The van der Waals surface area contributed by atoms with E-state index in [1.54, 1.807) is 7.11 Å². The smallest absolute Gasteiger partial charge is 0.303 e. The molecule has 0 aromatic rings. The van der Waals surface area contributed by atoms with Gasteiger partial charge < -0.3 is 9.84 Å². The molecule has 4 heteroatoms. The van der Waals surface area contributed by atoms with E-state index < -0.39 is 5.97 Å². The van der Waals surface area contributed by atoms with Crippen molar-refractivity contribution in [2.45, 2.75) is 25.3 Å². The van der Waals surface area contributed by atoms with Gasteiger partial charge in [-0.3, -0.25) is 9.69 Å². The molecule has 15 heavy (non-hydrogen) atoms. The predicted molar refractivity (Wildman–Crippen MR) is 55.7 cm³/mol. The molecule has 1 heterocycles. The molecule has 0 aromatic carbocycles. The molecule has 86 valence electrons. The molecule has 1 N–H and O–H groups in total. The van der Waals surface area contributed by atoms with E-state index in [-0.39, 0.29) is 0 Å². The number of likely N-dealkylation sites (tertiary alicyclic amines) is 1. The van der Waals surface area contributed by atoms with Crippen LogP contribution in [0.1, 0.15) is 19.3 Å². The molecule has 2 rings (SSSR count). The molecule has 1 saturated carbocycles. The van der Waals surface area contributed by atoms with Gasteiger partial charge in [-0.05, 0) is 24.7 Å². The van der Waals surface area contributed by atoms with Crippen molar-refractivity contribution in [2.75, 3.05) is 26.8 Å². The molecule has 4 nitrogen and oxygen atoms in total. The van der Waals surface area contributed by atoms with Crippen LogP contribution in [0.5, 0.6) is 0 Å². The third kappa shape index (κ3) is 2.69. The van der Waals surface area contributed by atoms with E-state index in [2.05, 4.69) is 4.90 Å². The molecule has 0 bridgehead atoms. The van der Waals surface area contributed by atoms with E-state index in [9.17, 15) is 4.79 Å². The van der Waals surface area contributed by atoms with Crippen LogP contribution >= 0.6 is 0 Å². The van der Waals surface area contributed by atoms with Gasteiger partial charge >= 0.3 is 5.97 Å². The van der Waals surface area contributed by atoms with Crippen molar-refractivity contribution in [1.82, 2.24) is 4.90 Å². The Morgan fingerprint density at radius 3 is 2.67 bits per heavy atom. The van der Waals surface area contributed by atoms with E-state index in [1.165, 1.54) is 12.8 Å². The average Bonchev–Trinajstić information content (AvgIpc) is 2.90. The Kier molecular flexibility index (Phi) is 3.26. The maximum Gasteiger partial charge on any atom is 0.303 e. The molecule has 0 amide bonds. The van der Waals surface area contributed by atoms with Crippen molar-refractivity contribution in [3.63, 3.8) is 0 Å². The van der Waals surface area contributed by atoms with Crippen LogP contribution < -0.4 is 0 Å². The quantitative estimate of drug-likeness (QED) is 0.709. The van der Waals surface area contributed by atoms with E-state index in [0.717, 1.165) is 25.6 Å². The number of methoxy groups -OCH3 is 1. The summed E-state index contributed by atoms with van der Waals surface area (Å²) in [6.07, 6.45) is 2.95. The summed E-state index contributed by atoms with van der Waals surface area (Å²) in [6.45, 7) is 2.68. The summed E-state index contributed by atoms with van der Waals surface area (Å²) in [5.74, 6) is 0.491. The van der Waals surface area contributed by atoms with Gasteiger partial charge in [-0.1, -0.05) is 0 Å². The predicted octanol–water partition coefficient (Wildman–Crippen LogP) is 0.818. The van der Waals surface area contributed by atoms with Crippen LogP contribution in [-0.4, -0.2) is 48.8 Å². The lowest BCUT2D eigenvalue weighted by Gasteiger charge is -2.44. The van der Waals surface area contributed by atoms with Crippen molar-refractivity contribution in [2.24, 2.45) is 11.8 Å². The number of carboxylic acid groups (broad SMARTS) is 1. The van der Waals surface area contributed by atoms with Gasteiger partial charge in [0, 0.05) is 26.2 Å². The molecule has 0 aromatic heterocycles. The zero-order chi connectivity index (χ0) is 10.8. The first kappa shape index (κ1) is 10.9. The number of carboxylic acids is 1. The first-order chi connectivity index (χ1) is 7.20.